The molecule has 2 aromatic rings. The van der Waals surface area contributed by atoms with Crippen molar-refractivity contribution in [2.45, 2.75) is 30.0 Å². The van der Waals surface area contributed by atoms with Gasteiger partial charge >= 0.3 is 0 Å². The van der Waals surface area contributed by atoms with Gasteiger partial charge in [-0.05, 0) is 62.4 Å². The third kappa shape index (κ3) is 6.19. The molecule has 2 rings (SSSR count). The molecule has 2 atom stereocenters. The molecule has 0 saturated heterocycles. The van der Waals surface area contributed by atoms with Crippen LogP contribution in [0.2, 0.25) is 0 Å². The second kappa shape index (κ2) is 9.97. The van der Waals surface area contributed by atoms with Gasteiger partial charge in [0.25, 0.3) is 0 Å². The summed E-state index contributed by atoms with van der Waals surface area (Å²) in [5, 5.41) is 2.78. The van der Waals surface area contributed by atoms with Gasteiger partial charge in [0.15, 0.2) is 0 Å². The number of thioether (sulfide) groups is 1. The monoisotopic (exact) mass is 375 g/mol. The standard InChI is InChI=1S/C20H25NO4S/c1-14(13-25-18-7-5-16(23-3)6-8-18)21-20(22)15(2)26-19-11-9-17(24-4)10-12-19/h5-12,14-15H,13H2,1-4H3,(H,21,22). The van der Waals surface area contributed by atoms with Crippen LogP contribution in [0.3, 0.4) is 0 Å². The molecule has 1 amide bonds. The molecule has 140 valence electrons. The van der Waals surface area contributed by atoms with Gasteiger partial charge in [-0.1, -0.05) is 0 Å². The summed E-state index contributed by atoms with van der Waals surface area (Å²) >= 11 is 1.51. The van der Waals surface area contributed by atoms with E-state index in [4.69, 9.17) is 14.2 Å². The fourth-order valence-electron chi connectivity index (χ4n) is 2.21. The first-order valence-corrected chi connectivity index (χ1v) is 9.27. The first-order chi connectivity index (χ1) is 12.5. The summed E-state index contributed by atoms with van der Waals surface area (Å²) in [5.74, 6) is 2.31. The summed E-state index contributed by atoms with van der Waals surface area (Å²) in [5.41, 5.74) is 0. The molecule has 0 bridgehead atoms. The van der Waals surface area contributed by atoms with Gasteiger partial charge in [0.2, 0.25) is 5.91 Å². The van der Waals surface area contributed by atoms with Crippen molar-refractivity contribution in [3.63, 3.8) is 0 Å². The average molecular weight is 375 g/mol. The van der Waals surface area contributed by atoms with Gasteiger partial charge in [0.1, 0.15) is 23.9 Å². The van der Waals surface area contributed by atoms with Crippen LogP contribution >= 0.6 is 11.8 Å². The first kappa shape index (κ1) is 20.0. The number of methoxy groups -OCH3 is 2. The van der Waals surface area contributed by atoms with Crippen LogP contribution < -0.4 is 19.5 Å². The predicted octanol–water partition coefficient (Wildman–Crippen LogP) is 3.77. The Morgan fingerprint density at radius 2 is 1.42 bits per heavy atom. The zero-order valence-electron chi connectivity index (χ0n) is 15.5. The van der Waals surface area contributed by atoms with Crippen molar-refractivity contribution >= 4 is 17.7 Å². The third-order valence-corrected chi connectivity index (χ3v) is 4.80. The molecular weight excluding hydrogens is 350 g/mol. The second-order valence-corrected chi connectivity index (χ2v) is 7.25. The minimum Gasteiger partial charge on any atom is -0.497 e. The normalized spacial score (nSPS) is 12.8. The zero-order valence-corrected chi connectivity index (χ0v) is 16.3. The van der Waals surface area contributed by atoms with Crippen LogP contribution in [0.15, 0.2) is 53.4 Å². The number of ether oxygens (including phenoxy) is 3. The molecule has 0 aliphatic heterocycles. The van der Waals surface area contributed by atoms with Gasteiger partial charge < -0.3 is 19.5 Å². The van der Waals surface area contributed by atoms with Gasteiger partial charge in [0, 0.05) is 4.90 Å². The van der Waals surface area contributed by atoms with Gasteiger partial charge in [-0.25, -0.2) is 0 Å². The fourth-order valence-corrected chi connectivity index (χ4v) is 3.08. The van der Waals surface area contributed by atoms with E-state index in [9.17, 15) is 4.79 Å². The maximum absolute atomic E-state index is 12.3. The van der Waals surface area contributed by atoms with Crippen molar-refractivity contribution < 1.29 is 19.0 Å². The highest BCUT2D eigenvalue weighted by Crippen LogP contribution is 2.25. The molecule has 5 nitrogen and oxygen atoms in total. The summed E-state index contributed by atoms with van der Waals surface area (Å²) < 4.78 is 16.0. The highest BCUT2D eigenvalue weighted by Gasteiger charge is 2.17. The molecule has 0 saturated carbocycles. The number of amides is 1. The highest BCUT2D eigenvalue weighted by molar-refractivity contribution is 8.00. The minimum atomic E-state index is -0.202. The van der Waals surface area contributed by atoms with Gasteiger partial charge in [-0.3, -0.25) is 4.79 Å². The summed E-state index contributed by atoms with van der Waals surface area (Å²) in [6.07, 6.45) is 0. The molecule has 26 heavy (non-hydrogen) atoms. The lowest BCUT2D eigenvalue weighted by Crippen LogP contribution is -2.40. The van der Waals surface area contributed by atoms with Gasteiger partial charge in [-0.15, -0.1) is 11.8 Å². The Hall–Kier alpha value is -2.34. The van der Waals surface area contributed by atoms with E-state index in [0.29, 0.717) is 6.61 Å². The highest BCUT2D eigenvalue weighted by atomic mass is 32.2. The first-order valence-electron chi connectivity index (χ1n) is 8.39. The summed E-state index contributed by atoms with van der Waals surface area (Å²) in [6, 6.07) is 14.9. The van der Waals surface area contributed by atoms with Crippen molar-refractivity contribution in [3.05, 3.63) is 48.5 Å². The molecule has 6 heteroatoms. The smallest absolute Gasteiger partial charge is 0.233 e. The van der Waals surface area contributed by atoms with E-state index in [1.54, 1.807) is 14.2 Å². The molecule has 1 N–H and O–H groups in total. The Morgan fingerprint density at radius 1 is 0.923 bits per heavy atom. The zero-order chi connectivity index (χ0) is 18.9. The topological polar surface area (TPSA) is 56.8 Å². The van der Waals surface area contributed by atoms with Crippen molar-refractivity contribution in [1.29, 1.82) is 0 Å². The molecule has 2 aromatic carbocycles. The largest absolute Gasteiger partial charge is 0.497 e. The van der Waals surface area contributed by atoms with Gasteiger partial charge in [0.05, 0.1) is 25.5 Å². The summed E-state index contributed by atoms with van der Waals surface area (Å²) in [7, 11) is 3.26. The number of carbonyl (C=O) groups is 1. The van der Waals surface area contributed by atoms with Crippen molar-refractivity contribution in [3.8, 4) is 17.2 Å². The van der Waals surface area contributed by atoms with E-state index < -0.39 is 0 Å². The van der Waals surface area contributed by atoms with E-state index >= 15 is 0 Å². The van der Waals surface area contributed by atoms with Crippen molar-refractivity contribution in [2.75, 3.05) is 20.8 Å². The van der Waals surface area contributed by atoms with Crippen LogP contribution in [0, 0.1) is 0 Å². The number of nitrogens with one attached hydrogen (secondary N) is 1. The molecule has 0 aliphatic rings. The molecule has 2 unspecified atom stereocenters. The van der Waals surface area contributed by atoms with Crippen molar-refractivity contribution in [2.24, 2.45) is 0 Å². The summed E-state index contributed by atoms with van der Waals surface area (Å²) in [6.45, 7) is 4.21. The van der Waals surface area contributed by atoms with Crippen LogP contribution in [0.4, 0.5) is 0 Å². The number of hydrogen-bond acceptors (Lipinski definition) is 5. The molecular formula is C20H25NO4S. The molecule has 0 spiro atoms. The van der Waals surface area contributed by atoms with Crippen LogP contribution in [0.5, 0.6) is 17.2 Å². The maximum Gasteiger partial charge on any atom is 0.233 e. The van der Waals surface area contributed by atoms with E-state index in [1.807, 2.05) is 62.4 Å². The maximum atomic E-state index is 12.3. The third-order valence-electron chi connectivity index (χ3n) is 3.69. The van der Waals surface area contributed by atoms with Crippen LogP contribution in [0.1, 0.15) is 13.8 Å². The number of benzene rings is 2. The van der Waals surface area contributed by atoms with Crippen LogP contribution in [-0.4, -0.2) is 38.0 Å². The Morgan fingerprint density at radius 3 is 1.96 bits per heavy atom. The number of carbonyl (C=O) groups excluding carboxylic acids is 1. The lowest BCUT2D eigenvalue weighted by Gasteiger charge is -2.18. The lowest BCUT2D eigenvalue weighted by molar-refractivity contribution is -0.121. The number of rotatable bonds is 9. The van der Waals surface area contributed by atoms with Gasteiger partial charge in [-0.2, -0.15) is 0 Å². The van der Waals surface area contributed by atoms with Crippen LogP contribution in [-0.2, 0) is 4.79 Å². The quantitative estimate of drug-likeness (QED) is 0.676. The van der Waals surface area contributed by atoms with Crippen LogP contribution in [0.25, 0.3) is 0 Å². The van der Waals surface area contributed by atoms with E-state index in [0.717, 1.165) is 22.1 Å². The van der Waals surface area contributed by atoms with E-state index in [2.05, 4.69) is 5.32 Å². The van der Waals surface area contributed by atoms with E-state index in [-0.39, 0.29) is 17.2 Å². The lowest BCUT2D eigenvalue weighted by atomic mass is 10.3. The molecule has 0 aliphatic carbocycles. The number of hydrogen-bond donors (Lipinski definition) is 1. The Balaban J connectivity index is 1.77. The predicted molar refractivity (Wildman–Crippen MR) is 104 cm³/mol. The Bertz CT molecular complexity index is 688. The van der Waals surface area contributed by atoms with E-state index in [1.165, 1.54) is 11.8 Å². The fraction of sp³-hybridized carbons (Fsp3) is 0.350. The SMILES string of the molecule is COc1ccc(OCC(C)NC(=O)C(C)Sc2ccc(OC)cc2)cc1. The molecule has 0 aromatic heterocycles. The minimum absolute atomic E-state index is 0.0170. The molecule has 0 radical (unpaired) electrons. The average Bonchev–Trinajstić information content (AvgIpc) is 2.67. The molecule has 0 heterocycles. The Labute approximate surface area is 159 Å². The second-order valence-electron chi connectivity index (χ2n) is 5.83. The molecule has 0 fully saturated rings. The van der Waals surface area contributed by atoms with Crippen molar-refractivity contribution in [1.82, 2.24) is 5.32 Å². The Kier molecular flexibility index (Phi) is 7.66. The summed E-state index contributed by atoms with van der Waals surface area (Å²) in [4.78, 5) is 13.4.